The average molecular weight is 363 g/mol. The van der Waals surface area contributed by atoms with E-state index in [1.807, 2.05) is 0 Å². The van der Waals surface area contributed by atoms with Gasteiger partial charge in [-0.05, 0) is 13.0 Å². The van der Waals surface area contributed by atoms with Crippen LogP contribution in [0.5, 0.6) is 0 Å². The molecule has 0 unspecified atom stereocenters. The van der Waals surface area contributed by atoms with Gasteiger partial charge in [-0.1, -0.05) is 0 Å². The van der Waals surface area contributed by atoms with Crippen molar-refractivity contribution in [1.82, 2.24) is 0 Å². The number of benzene rings is 1. The number of halogens is 4. The average Bonchev–Trinajstić information content (AvgIpc) is 2.92. The molecule has 0 spiro atoms. The number of nitro groups is 1. The third-order valence-electron chi connectivity index (χ3n) is 4.66. The highest BCUT2D eigenvalue weighted by Gasteiger charge is 2.70. The van der Waals surface area contributed by atoms with Crippen LogP contribution in [0.4, 0.5) is 23.2 Å². The minimum atomic E-state index is -4.83. The molecule has 0 aromatic heterocycles. The van der Waals surface area contributed by atoms with Crippen LogP contribution in [0.25, 0.3) is 0 Å². The molecule has 0 amide bonds. The molecule has 2 N–H and O–H groups in total. The number of alkyl halides is 3. The van der Waals surface area contributed by atoms with Gasteiger partial charge in [-0.15, -0.1) is 0 Å². The summed E-state index contributed by atoms with van der Waals surface area (Å²) in [4.78, 5) is 13.6. The van der Waals surface area contributed by atoms with E-state index in [0.29, 0.717) is 0 Å². The van der Waals surface area contributed by atoms with Crippen molar-refractivity contribution in [1.29, 1.82) is 0 Å². The molecule has 1 saturated heterocycles. The number of nitrogens with zero attached hydrogens (tertiary/aromatic N) is 2. The lowest BCUT2D eigenvalue weighted by Crippen LogP contribution is -2.61. The Balaban J connectivity index is 2.21. The summed E-state index contributed by atoms with van der Waals surface area (Å²) in [7, 11) is 0. The fraction of sp³-hybridized carbons (Fsp3) is 0.500. The van der Waals surface area contributed by atoms with Gasteiger partial charge in [-0.25, -0.2) is 9.38 Å². The van der Waals surface area contributed by atoms with Gasteiger partial charge in [-0.2, -0.15) is 13.2 Å². The molecule has 2 aliphatic rings. The highest BCUT2D eigenvalue weighted by molar-refractivity contribution is 5.74. The van der Waals surface area contributed by atoms with Crippen molar-refractivity contribution in [2.75, 3.05) is 13.2 Å². The van der Waals surface area contributed by atoms with Crippen LogP contribution in [0.2, 0.25) is 0 Å². The Morgan fingerprint density at radius 1 is 1.44 bits per heavy atom. The molecule has 2 aliphatic heterocycles. The van der Waals surface area contributed by atoms with Crippen LogP contribution in [0.3, 0.4) is 0 Å². The zero-order valence-corrected chi connectivity index (χ0v) is 12.8. The van der Waals surface area contributed by atoms with Crippen molar-refractivity contribution in [3.05, 3.63) is 39.7 Å². The minimum Gasteiger partial charge on any atom is -0.454 e. The lowest BCUT2D eigenvalue weighted by Gasteiger charge is -2.46. The second-order valence-electron chi connectivity index (χ2n) is 6.07. The van der Waals surface area contributed by atoms with E-state index in [4.69, 9.17) is 15.2 Å². The molecule has 2 heterocycles. The number of fused-ring (bicyclic) bond motifs is 1. The Bertz CT molecular complexity index is 769. The predicted molar refractivity (Wildman–Crippen MR) is 76.2 cm³/mol. The molecule has 7 nitrogen and oxygen atoms in total. The van der Waals surface area contributed by atoms with E-state index in [9.17, 15) is 27.7 Å². The van der Waals surface area contributed by atoms with Gasteiger partial charge in [0.15, 0.2) is 5.54 Å². The summed E-state index contributed by atoms with van der Waals surface area (Å²) in [5.74, 6) is -2.42. The second kappa shape index (κ2) is 5.28. The first kappa shape index (κ1) is 17.4. The van der Waals surface area contributed by atoms with Crippen LogP contribution in [0.1, 0.15) is 12.5 Å². The number of hydrogen-bond donors (Lipinski definition) is 1. The monoisotopic (exact) mass is 363 g/mol. The van der Waals surface area contributed by atoms with E-state index in [1.54, 1.807) is 0 Å². The quantitative estimate of drug-likeness (QED) is 0.493. The number of ether oxygens (including phenoxy) is 2. The van der Waals surface area contributed by atoms with Crippen LogP contribution in [-0.2, 0) is 15.1 Å². The molecule has 0 bridgehead atoms. The zero-order valence-electron chi connectivity index (χ0n) is 12.8. The molecule has 0 aliphatic carbocycles. The number of nitro benzene ring substituents is 1. The topological polar surface area (TPSA) is 100.0 Å². The van der Waals surface area contributed by atoms with Crippen molar-refractivity contribution in [2.45, 2.75) is 24.2 Å². The number of amidine groups is 1. The van der Waals surface area contributed by atoms with Gasteiger partial charge in [-0.3, -0.25) is 10.1 Å². The number of hydrogen-bond acceptors (Lipinski definition) is 6. The standard InChI is InChI=1S/C14H13F4N3O4/c1-12(8-4-7(21(22)23)2-3-9(8)15)10-5-24-6-13(10,14(16,17)18)20-11(19)25-12/h2-4,10H,5-6H2,1H3,(H2,19,20)/t10-,12+,13+/m0/s1. The summed E-state index contributed by atoms with van der Waals surface area (Å²) in [6.07, 6.45) is -4.83. The largest absolute Gasteiger partial charge is 0.454 e. The van der Waals surface area contributed by atoms with Crippen molar-refractivity contribution in [2.24, 2.45) is 16.6 Å². The highest BCUT2D eigenvalue weighted by Crippen LogP contribution is 2.54. The fourth-order valence-corrected chi connectivity index (χ4v) is 3.40. The smallest absolute Gasteiger partial charge is 0.416 e. The molecule has 1 aromatic rings. The summed E-state index contributed by atoms with van der Waals surface area (Å²) in [6.45, 7) is -0.0250. The third kappa shape index (κ3) is 2.41. The van der Waals surface area contributed by atoms with Gasteiger partial charge < -0.3 is 15.2 Å². The molecular formula is C14H13F4N3O4. The van der Waals surface area contributed by atoms with E-state index >= 15 is 0 Å². The van der Waals surface area contributed by atoms with Crippen molar-refractivity contribution < 1.29 is 32.0 Å². The van der Waals surface area contributed by atoms with Gasteiger partial charge in [0.1, 0.15) is 11.4 Å². The highest BCUT2D eigenvalue weighted by atomic mass is 19.4. The SMILES string of the molecule is C[C@]1(c2cc([N+](=O)[O-])ccc2F)OC(N)=N[C@]2(C(F)(F)F)COC[C@@H]12. The lowest BCUT2D eigenvalue weighted by atomic mass is 9.71. The molecule has 1 fully saturated rings. The van der Waals surface area contributed by atoms with E-state index in [0.717, 1.165) is 18.2 Å². The van der Waals surface area contributed by atoms with E-state index < -0.39 is 64.5 Å². The van der Waals surface area contributed by atoms with Crippen LogP contribution in [0, 0.1) is 21.8 Å². The number of aliphatic imine (C=N–C) groups is 1. The fourth-order valence-electron chi connectivity index (χ4n) is 3.40. The predicted octanol–water partition coefficient (Wildman–Crippen LogP) is 2.24. The number of rotatable bonds is 2. The van der Waals surface area contributed by atoms with E-state index in [-0.39, 0.29) is 0 Å². The molecule has 0 saturated carbocycles. The van der Waals surface area contributed by atoms with Gasteiger partial charge in [0.05, 0.1) is 24.1 Å². The third-order valence-corrected chi connectivity index (χ3v) is 4.66. The maximum atomic E-state index is 14.4. The Morgan fingerprint density at radius 3 is 2.72 bits per heavy atom. The Hall–Kier alpha value is -2.43. The molecule has 1 aromatic carbocycles. The van der Waals surface area contributed by atoms with Crippen molar-refractivity contribution in [3.8, 4) is 0 Å². The lowest BCUT2D eigenvalue weighted by molar-refractivity contribution is -0.385. The number of nitrogens with two attached hydrogens (primary N) is 1. The van der Waals surface area contributed by atoms with E-state index in [1.165, 1.54) is 6.92 Å². The summed E-state index contributed by atoms with van der Waals surface area (Å²) >= 11 is 0. The Labute approximate surface area is 138 Å². The summed E-state index contributed by atoms with van der Waals surface area (Å²) in [6, 6.07) is 1.76. The Kier molecular flexibility index (Phi) is 3.67. The second-order valence-corrected chi connectivity index (χ2v) is 6.07. The van der Waals surface area contributed by atoms with Crippen LogP contribution in [-0.4, -0.2) is 35.9 Å². The van der Waals surface area contributed by atoms with Crippen LogP contribution < -0.4 is 5.73 Å². The van der Waals surface area contributed by atoms with Gasteiger partial charge in [0.25, 0.3) is 11.7 Å². The molecule has 3 atom stereocenters. The van der Waals surface area contributed by atoms with Crippen LogP contribution in [0.15, 0.2) is 23.2 Å². The van der Waals surface area contributed by atoms with Crippen LogP contribution >= 0.6 is 0 Å². The summed E-state index contributed by atoms with van der Waals surface area (Å²) in [5.41, 5.74) is -0.109. The molecule has 136 valence electrons. The molecule has 25 heavy (non-hydrogen) atoms. The normalized spacial score (nSPS) is 31.9. The minimum absolute atomic E-state index is 0.413. The first-order valence-electron chi connectivity index (χ1n) is 7.14. The first-order chi connectivity index (χ1) is 11.5. The molecule has 0 radical (unpaired) electrons. The van der Waals surface area contributed by atoms with Gasteiger partial charge in [0, 0.05) is 17.7 Å². The zero-order chi connectivity index (χ0) is 18.6. The van der Waals surface area contributed by atoms with Crippen molar-refractivity contribution in [3.63, 3.8) is 0 Å². The molecular weight excluding hydrogens is 350 g/mol. The maximum absolute atomic E-state index is 14.4. The van der Waals surface area contributed by atoms with Gasteiger partial charge in [0.2, 0.25) is 0 Å². The summed E-state index contributed by atoms with van der Waals surface area (Å²) < 4.78 is 65.8. The van der Waals surface area contributed by atoms with E-state index in [2.05, 4.69) is 4.99 Å². The maximum Gasteiger partial charge on any atom is 0.416 e. The van der Waals surface area contributed by atoms with Crippen molar-refractivity contribution >= 4 is 11.7 Å². The first-order valence-corrected chi connectivity index (χ1v) is 7.14. The summed E-state index contributed by atoms with van der Waals surface area (Å²) in [5, 5.41) is 11.0. The number of non-ortho nitro benzene ring substituents is 1. The van der Waals surface area contributed by atoms with Gasteiger partial charge >= 0.3 is 6.18 Å². The molecule has 3 rings (SSSR count). The molecule has 11 heteroatoms. The Morgan fingerprint density at radius 2 is 2.12 bits per heavy atom.